The summed E-state index contributed by atoms with van der Waals surface area (Å²) in [5, 5.41) is 10.2. The summed E-state index contributed by atoms with van der Waals surface area (Å²) in [5.74, 6) is -1.45. The van der Waals surface area contributed by atoms with Gasteiger partial charge in [0.15, 0.2) is 0 Å². The lowest BCUT2D eigenvalue weighted by Crippen LogP contribution is -2.45. The summed E-state index contributed by atoms with van der Waals surface area (Å²) in [4.78, 5) is 32.7. The van der Waals surface area contributed by atoms with Crippen LogP contribution in [0.15, 0.2) is 42.6 Å². The van der Waals surface area contributed by atoms with Gasteiger partial charge in [0.2, 0.25) is 5.91 Å². The normalized spacial score (nSPS) is 17.1. The first-order chi connectivity index (χ1) is 17.7. The zero-order valence-corrected chi connectivity index (χ0v) is 20.1. The number of halogens is 3. The number of benzene rings is 1. The van der Waals surface area contributed by atoms with Gasteiger partial charge in [-0.2, -0.15) is 0 Å². The predicted molar refractivity (Wildman–Crippen MR) is 128 cm³/mol. The summed E-state index contributed by atoms with van der Waals surface area (Å²) in [5.41, 5.74) is 3.36. The minimum atomic E-state index is -4.77. The molecule has 1 amide bonds. The zero-order valence-electron chi connectivity index (χ0n) is 20.1. The molecule has 2 aromatic heterocycles. The van der Waals surface area contributed by atoms with E-state index in [-0.39, 0.29) is 30.7 Å². The molecule has 2 aliphatic heterocycles. The van der Waals surface area contributed by atoms with E-state index in [1.807, 2.05) is 21.6 Å². The summed E-state index contributed by atoms with van der Waals surface area (Å²) in [6.45, 7) is 2.58. The first-order valence-electron chi connectivity index (χ1n) is 12.2. The van der Waals surface area contributed by atoms with Crippen LogP contribution >= 0.6 is 0 Å². The number of carboxylic acids is 1. The van der Waals surface area contributed by atoms with Crippen LogP contribution in [0.2, 0.25) is 0 Å². The Hall–Kier alpha value is -3.60. The number of aliphatic carboxylic acids is 1. The van der Waals surface area contributed by atoms with E-state index in [1.54, 1.807) is 17.2 Å². The molecule has 5 rings (SSSR count). The van der Waals surface area contributed by atoms with E-state index in [4.69, 9.17) is 0 Å². The van der Waals surface area contributed by atoms with Gasteiger partial charge in [-0.25, -0.2) is 4.98 Å². The van der Waals surface area contributed by atoms with Gasteiger partial charge in [-0.15, -0.1) is 13.2 Å². The number of carboxylic acid groups (broad SMARTS) is 1. The van der Waals surface area contributed by atoms with Gasteiger partial charge < -0.3 is 19.3 Å². The maximum Gasteiger partial charge on any atom is 0.573 e. The number of likely N-dealkylation sites (tertiary alicyclic amines) is 1. The lowest BCUT2D eigenvalue weighted by Gasteiger charge is -2.33. The van der Waals surface area contributed by atoms with E-state index in [1.165, 1.54) is 18.2 Å². The zero-order chi connectivity index (χ0) is 26.2. The van der Waals surface area contributed by atoms with Crippen LogP contribution in [0.5, 0.6) is 5.75 Å². The quantitative estimate of drug-likeness (QED) is 0.538. The molecule has 0 bridgehead atoms. The van der Waals surface area contributed by atoms with Crippen LogP contribution in [0.4, 0.5) is 13.2 Å². The Morgan fingerprint density at radius 2 is 1.89 bits per heavy atom. The predicted octanol–water partition coefficient (Wildman–Crippen LogP) is 3.66. The van der Waals surface area contributed by atoms with Crippen molar-refractivity contribution in [2.24, 2.45) is 5.92 Å². The van der Waals surface area contributed by atoms with E-state index < -0.39 is 12.3 Å². The maximum atomic E-state index is 13.2. The van der Waals surface area contributed by atoms with Crippen LogP contribution in [0.3, 0.4) is 0 Å². The molecule has 0 saturated carbocycles. The fourth-order valence-corrected chi connectivity index (χ4v) is 5.30. The molecule has 0 spiro atoms. The van der Waals surface area contributed by atoms with Crippen molar-refractivity contribution in [1.82, 2.24) is 19.4 Å². The summed E-state index contributed by atoms with van der Waals surface area (Å²) in [7, 11) is 0. The number of aromatic nitrogens is 2. The third-order valence-electron chi connectivity index (χ3n) is 7.14. The van der Waals surface area contributed by atoms with E-state index in [9.17, 15) is 27.9 Å². The number of alkyl halides is 3. The monoisotopic (exact) mass is 516 g/mol. The second-order valence-corrected chi connectivity index (χ2v) is 9.54. The largest absolute Gasteiger partial charge is 0.573 e. The number of hydrogen-bond acceptors (Lipinski definition) is 5. The number of fused-ring (bicyclic) bond motifs is 3. The molecule has 4 heterocycles. The summed E-state index contributed by atoms with van der Waals surface area (Å²) < 4.78 is 44.2. The lowest BCUT2D eigenvalue weighted by molar-refractivity contribution is -0.274. The van der Waals surface area contributed by atoms with Gasteiger partial charge in [0, 0.05) is 30.4 Å². The van der Waals surface area contributed by atoms with Crippen LogP contribution in [0.1, 0.15) is 29.7 Å². The Kier molecular flexibility index (Phi) is 6.80. The molecule has 1 fully saturated rings. The van der Waals surface area contributed by atoms with Crippen LogP contribution in [0.25, 0.3) is 11.0 Å². The van der Waals surface area contributed by atoms with E-state index in [0.29, 0.717) is 51.0 Å². The highest BCUT2D eigenvalue weighted by atomic mass is 19.4. The molecule has 1 aromatic carbocycles. The van der Waals surface area contributed by atoms with Crippen molar-refractivity contribution in [1.29, 1.82) is 0 Å². The van der Waals surface area contributed by atoms with Crippen molar-refractivity contribution in [2.75, 3.05) is 26.2 Å². The Labute approximate surface area is 211 Å². The van der Waals surface area contributed by atoms with Gasteiger partial charge in [0.1, 0.15) is 11.4 Å². The van der Waals surface area contributed by atoms with Crippen molar-refractivity contribution < 1.29 is 32.6 Å². The number of carbonyl (C=O) groups is 2. The molecule has 11 heteroatoms. The molecular weight excluding hydrogens is 489 g/mol. The Bertz CT molecular complexity index is 1310. The van der Waals surface area contributed by atoms with Crippen LogP contribution < -0.4 is 4.74 Å². The second-order valence-electron chi connectivity index (χ2n) is 9.54. The van der Waals surface area contributed by atoms with Crippen molar-refractivity contribution in [3.8, 4) is 5.75 Å². The van der Waals surface area contributed by atoms with Crippen molar-refractivity contribution in [3.05, 3.63) is 59.4 Å². The lowest BCUT2D eigenvalue weighted by atomic mass is 9.97. The Morgan fingerprint density at radius 1 is 1.11 bits per heavy atom. The molecule has 1 N–H and O–H groups in total. The third-order valence-corrected chi connectivity index (χ3v) is 7.14. The molecule has 0 atom stereocenters. The van der Waals surface area contributed by atoms with Gasteiger partial charge in [0.25, 0.3) is 0 Å². The molecule has 3 aromatic rings. The van der Waals surface area contributed by atoms with Crippen LogP contribution in [-0.4, -0.2) is 68.9 Å². The van der Waals surface area contributed by atoms with Gasteiger partial charge in [0.05, 0.1) is 19.0 Å². The number of ether oxygens (including phenoxy) is 1. The summed E-state index contributed by atoms with van der Waals surface area (Å²) in [6, 6.07) is 9.70. The van der Waals surface area contributed by atoms with E-state index >= 15 is 0 Å². The minimum Gasteiger partial charge on any atom is -0.481 e. The number of nitrogens with zero attached hydrogens (tertiary/aromatic N) is 4. The third kappa shape index (κ3) is 5.56. The van der Waals surface area contributed by atoms with Crippen molar-refractivity contribution in [2.45, 2.75) is 38.7 Å². The Morgan fingerprint density at radius 3 is 2.62 bits per heavy atom. The fraction of sp³-hybridized carbons (Fsp3) is 0.423. The SMILES string of the molecule is O=C(O)C1CCN(CC(=O)N2CCc3c(n(Cc4cccc(OC(F)(F)F)c4)c4ncccc34)C2)CC1. The standard InChI is InChI=1S/C26H27F3N4O4/c27-26(28,29)37-19-4-1-3-17(13-19)14-33-22-15-32(12-8-20(22)21-5-2-9-30-24(21)33)23(34)16-31-10-6-18(7-11-31)25(35)36/h1-5,9,13,18H,6-8,10-12,14-16H2,(H,35,36). The van der Waals surface area contributed by atoms with Gasteiger partial charge >= 0.3 is 12.3 Å². The van der Waals surface area contributed by atoms with Crippen molar-refractivity contribution >= 4 is 22.9 Å². The van der Waals surface area contributed by atoms with Crippen LogP contribution in [0, 0.1) is 5.92 Å². The molecule has 0 aliphatic carbocycles. The molecular formula is C26H27F3N4O4. The molecule has 1 saturated heterocycles. The Balaban J connectivity index is 1.36. The van der Waals surface area contributed by atoms with Gasteiger partial charge in [-0.05, 0) is 67.7 Å². The first kappa shape index (κ1) is 25.1. The smallest absolute Gasteiger partial charge is 0.481 e. The molecule has 0 radical (unpaired) electrons. The number of hydrogen-bond donors (Lipinski definition) is 1. The van der Waals surface area contributed by atoms with E-state index in [0.717, 1.165) is 22.3 Å². The average molecular weight is 517 g/mol. The highest BCUT2D eigenvalue weighted by Gasteiger charge is 2.32. The maximum absolute atomic E-state index is 13.2. The average Bonchev–Trinajstić information content (AvgIpc) is 3.16. The molecule has 8 nitrogen and oxygen atoms in total. The molecule has 2 aliphatic rings. The minimum absolute atomic E-state index is 0.0234. The second kappa shape index (κ2) is 10.0. The first-order valence-corrected chi connectivity index (χ1v) is 12.2. The number of amides is 1. The number of pyridine rings is 1. The topological polar surface area (TPSA) is 87.9 Å². The number of rotatable bonds is 6. The van der Waals surface area contributed by atoms with Crippen molar-refractivity contribution in [3.63, 3.8) is 0 Å². The summed E-state index contributed by atoms with van der Waals surface area (Å²) in [6.07, 6.45) is -1.39. The fourth-order valence-electron chi connectivity index (χ4n) is 5.30. The number of carbonyl (C=O) groups excluding carboxylic acids is 1. The number of piperidine rings is 1. The molecule has 0 unspecified atom stereocenters. The molecule has 37 heavy (non-hydrogen) atoms. The van der Waals surface area contributed by atoms with E-state index in [2.05, 4.69) is 9.72 Å². The highest BCUT2D eigenvalue weighted by Crippen LogP contribution is 2.31. The van der Waals surface area contributed by atoms with Gasteiger partial charge in [-0.1, -0.05) is 12.1 Å². The summed E-state index contributed by atoms with van der Waals surface area (Å²) >= 11 is 0. The molecule has 196 valence electrons. The highest BCUT2D eigenvalue weighted by molar-refractivity contribution is 5.84. The van der Waals surface area contributed by atoms with Gasteiger partial charge in [-0.3, -0.25) is 14.5 Å². The van der Waals surface area contributed by atoms with Crippen LogP contribution in [-0.2, 0) is 29.1 Å².